The van der Waals surface area contributed by atoms with Gasteiger partial charge in [-0.3, -0.25) is 0 Å². The van der Waals surface area contributed by atoms with Gasteiger partial charge < -0.3 is 10.6 Å². The van der Waals surface area contributed by atoms with Gasteiger partial charge in [-0.15, -0.1) is 5.10 Å². The van der Waals surface area contributed by atoms with Crippen molar-refractivity contribution >= 4 is 11.8 Å². The fourth-order valence-corrected chi connectivity index (χ4v) is 2.67. The quantitative estimate of drug-likeness (QED) is 0.886. The second-order valence-corrected chi connectivity index (χ2v) is 5.62. The first-order valence-electron chi connectivity index (χ1n) is 7.74. The Morgan fingerprint density at radius 3 is 2.64 bits per heavy atom. The van der Waals surface area contributed by atoms with Gasteiger partial charge in [0.2, 0.25) is 5.95 Å². The summed E-state index contributed by atoms with van der Waals surface area (Å²) >= 11 is 0. The van der Waals surface area contributed by atoms with Gasteiger partial charge >= 0.3 is 0 Å². The van der Waals surface area contributed by atoms with Crippen molar-refractivity contribution in [3.63, 3.8) is 0 Å². The molecule has 2 N–H and O–H groups in total. The molecule has 1 aliphatic carbocycles. The first-order valence-corrected chi connectivity index (χ1v) is 7.74. The van der Waals surface area contributed by atoms with Crippen molar-refractivity contribution in [2.24, 2.45) is 0 Å². The molecule has 22 heavy (non-hydrogen) atoms. The second-order valence-electron chi connectivity index (χ2n) is 5.62. The van der Waals surface area contributed by atoms with Crippen LogP contribution in [0, 0.1) is 5.82 Å². The van der Waals surface area contributed by atoms with Crippen LogP contribution in [-0.2, 0) is 6.54 Å². The molecule has 1 heterocycles. The molecule has 1 aliphatic rings. The number of nitrogens with one attached hydrogen (secondary N) is 2. The van der Waals surface area contributed by atoms with Crippen LogP contribution in [0.15, 0.2) is 30.5 Å². The fraction of sp³-hybridized carbons (Fsp3) is 0.438. The Morgan fingerprint density at radius 1 is 1.09 bits per heavy atom. The van der Waals surface area contributed by atoms with Crippen molar-refractivity contribution < 1.29 is 4.39 Å². The maximum absolute atomic E-state index is 12.9. The van der Waals surface area contributed by atoms with Crippen LogP contribution in [0.5, 0.6) is 0 Å². The molecule has 0 amide bonds. The number of rotatable bonds is 5. The molecular formula is C16H20FN5. The summed E-state index contributed by atoms with van der Waals surface area (Å²) in [5.74, 6) is 1.00. The molecule has 0 atom stereocenters. The summed E-state index contributed by atoms with van der Waals surface area (Å²) in [5.41, 5.74) is 0.988. The third-order valence-electron chi connectivity index (χ3n) is 3.88. The van der Waals surface area contributed by atoms with E-state index in [2.05, 4.69) is 25.8 Å². The van der Waals surface area contributed by atoms with Crippen LogP contribution in [0.25, 0.3) is 0 Å². The van der Waals surface area contributed by atoms with Gasteiger partial charge in [-0.05, 0) is 30.5 Å². The molecule has 1 fully saturated rings. The van der Waals surface area contributed by atoms with E-state index in [0.29, 0.717) is 24.4 Å². The van der Waals surface area contributed by atoms with Crippen molar-refractivity contribution in [1.82, 2.24) is 15.2 Å². The molecule has 0 aliphatic heterocycles. The topological polar surface area (TPSA) is 62.7 Å². The average molecular weight is 301 g/mol. The molecule has 0 spiro atoms. The predicted octanol–water partition coefficient (Wildman–Crippen LogP) is 3.37. The van der Waals surface area contributed by atoms with E-state index in [-0.39, 0.29) is 5.82 Å². The summed E-state index contributed by atoms with van der Waals surface area (Å²) in [6.45, 7) is 0.571. The zero-order valence-corrected chi connectivity index (χ0v) is 12.4. The van der Waals surface area contributed by atoms with E-state index in [0.717, 1.165) is 18.4 Å². The van der Waals surface area contributed by atoms with Crippen molar-refractivity contribution in [2.75, 3.05) is 10.6 Å². The van der Waals surface area contributed by atoms with E-state index < -0.39 is 0 Å². The molecule has 0 saturated heterocycles. The number of halogens is 1. The lowest BCUT2D eigenvalue weighted by Crippen LogP contribution is -2.23. The largest absolute Gasteiger partial charge is 0.365 e. The third kappa shape index (κ3) is 4.13. The van der Waals surface area contributed by atoms with Crippen LogP contribution in [0.4, 0.5) is 16.2 Å². The molecule has 0 radical (unpaired) electrons. The molecule has 116 valence electrons. The molecular weight excluding hydrogens is 281 g/mol. The van der Waals surface area contributed by atoms with Gasteiger partial charge in [0.15, 0.2) is 5.82 Å². The summed E-state index contributed by atoms with van der Waals surface area (Å²) in [4.78, 5) is 4.43. The highest BCUT2D eigenvalue weighted by Gasteiger charge is 2.14. The summed E-state index contributed by atoms with van der Waals surface area (Å²) in [6, 6.07) is 6.84. The molecule has 5 nitrogen and oxygen atoms in total. The molecule has 2 aromatic rings. The molecule has 1 aromatic heterocycles. The first kappa shape index (κ1) is 14.7. The minimum atomic E-state index is -0.230. The summed E-state index contributed by atoms with van der Waals surface area (Å²) in [5, 5.41) is 14.6. The highest BCUT2D eigenvalue weighted by molar-refractivity contribution is 5.38. The Bertz CT molecular complexity index is 596. The molecule has 3 rings (SSSR count). The zero-order valence-electron chi connectivity index (χ0n) is 12.4. The van der Waals surface area contributed by atoms with Crippen LogP contribution in [0.1, 0.15) is 37.7 Å². The first-order chi connectivity index (χ1) is 10.8. The van der Waals surface area contributed by atoms with Crippen molar-refractivity contribution in [1.29, 1.82) is 0 Å². The van der Waals surface area contributed by atoms with Crippen LogP contribution >= 0.6 is 0 Å². The number of benzene rings is 1. The lowest BCUT2D eigenvalue weighted by Gasteiger charge is -2.22. The predicted molar refractivity (Wildman–Crippen MR) is 84.0 cm³/mol. The molecule has 6 heteroatoms. The zero-order chi connectivity index (χ0) is 15.2. The second kappa shape index (κ2) is 7.15. The molecule has 0 unspecified atom stereocenters. The van der Waals surface area contributed by atoms with E-state index in [1.165, 1.54) is 31.4 Å². The van der Waals surface area contributed by atoms with Gasteiger partial charge in [-0.2, -0.15) is 10.1 Å². The van der Waals surface area contributed by atoms with E-state index >= 15 is 0 Å². The standard InChI is InChI=1S/C16H20FN5/c17-13-8-6-12(7-9-13)10-18-15-11-19-22-16(21-15)20-14-4-2-1-3-5-14/h6-9,11,14H,1-5,10H2,(H2,18,20,21,22). The number of hydrogen-bond acceptors (Lipinski definition) is 5. The van der Waals surface area contributed by atoms with Gasteiger partial charge in [-0.1, -0.05) is 31.4 Å². The molecule has 1 aromatic carbocycles. The summed E-state index contributed by atoms with van der Waals surface area (Å²) < 4.78 is 12.9. The van der Waals surface area contributed by atoms with Crippen molar-refractivity contribution in [3.05, 3.63) is 41.8 Å². The number of anilines is 2. The van der Waals surface area contributed by atoms with Gasteiger partial charge in [0.05, 0.1) is 6.20 Å². The minimum absolute atomic E-state index is 0.230. The number of nitrogens with zero attached hydrogens (tertiary/aromatic N) is 3. The monoisotopic (exact) mass is 301 g/mol. The Labute approximate surface area is 129 Å². The lowest BCUT2D eigenvalue weighted by atomic mass is 9.96. The Morgan fingerprint density at radius 2 is 1.86 bits per heavy atom. The van der Waals surface area contributed by atoms with Crippen molar-refractivity contribution in [2.45, 2.75) is 44.7 Å². The Kier molecular flexibility index (Phi) is 4.78. The van der Waals surface area contributed by atoms with E-state index in [1.807, 2.05) is 0 Å². The average Bonchev–Trinajstić information content (AvgIpc) is 2.56. The van der Waals surface area contributed by atoms with E-state index in [4.69, 9.17) is 0 Å². The normalized spacial score (nSPS) is 15.5. The summed E-state index contributed by atoms with van der Waals surface area (Å²) in [7, 11) is 0. The van der Waals surface area contributed by atoms with Crippen LogP contribution in [-0.4, -0.2) is 21.2 Å². The van der Waals surface area contributed by atoms with Crippen LogP contribution < -0.4 is 10.6 Å². The Balaban J connectivity index is 1.57. The minimum Gasteiger partial charge on any atom is -0.365 e. The SMILES string of the molecule is Fc1ccc(CNc2cnnc(NC3CCCCC3)n2)cc1. The van der Waals surface area contributed by atoms with E-state index in [1.54, 1.807) is 18.3 Å². The van der Waals surface area contributed by atoms with Gasteiger partial charge in [0.25, 0.3) is 0 Å². The third-order valence-corrected chi connectivity index (χ3v) is 3.88. The van der Waals surface area contributed by atoms with Crippen molar-refractivity contribution in [3.8, 4) is 0 Å². The highest BCUT2D eigenvalue weighted by Crippen LogP contribution is 2.20. The van der Waals surface area contributed by atoms with Crippen LogP contribution in [0.3, 0.4) is 0 Å². The van der Waals surface area contributed by atoms with Crippen LogP contribution in [0.2, 0.25) is 0 Å². The smallest absolute Gasteiger partial charge is 0.244 e. The summed E-state index contributed by atoms with van der Waals surface area (Å²) in [6.07, 6.45) is 7.75. The molecule has 1 saturated carbocycles. The van der Waals surface area contributed by atoms with Gasteiger partial charge in [0, 0.05) is 12.6 Å². The number of hydrogen-bond donors (Lipinski definition) is 2. The lowest BCUT2D eigenvalue weighted by molar-refractivity contribution is 0.460. The Hall–Kier alpha value is -2.24. The van der Waals surface area contributed by atoms with E-state index in [9.17, 15) is 4.39 Å². The maximum Gasteiger partial charge on any atom is 0.244 e. The number of aromatic nitrogens is 3. The fourth-order valence-electron chi connectivity index (χ4n) is 2.67. The molecule has 0 bridgehead atoms. The van der Waals surface area contributed by atoms with Gasteiger partial charge in [-0.25, -0.2) is 4.39 Å². The highest BCUT2D eigenvalue weighted by atomic mass is 19.1. The maximum atomic E-state index is 12.9. The van der Waals surface area contributed by atoms with Gasteiger partial charge in [0.1, 0.15) is 5.82 Å².